The quantitative estimate of drug-likeness (QED) is 0.696. The Balaban J connectivity index is 1.50. The van der Waals surface area contributed by atoms with E-state index >= 15 is 0 Å². The van der Waals surface area contributed by atoms with E-state index in [1.807, 2.05) is 0 Å². The van der Waals surface area contributed by atoms with Crippen LogP contribution >= 0.6 is 11.6 Å². The second-order valence-electron chi connectivity index (χ2n) is 6.87. The number of amides is 2. The van der Waals surface area contributed by atoms with Crippen molar-refractivity contribution in [3.05, 3.63) is 64.4 Å². The summed E-state index contributed by atoms with van der Waals surface area (Å²) >= 11 is 5.96. The molecule has 1 aliphatic rings. The van der Waals surface area contributed by atoms with Crippen LogP contribution in [0.25, 0.3) is 0 Å². The molecule has 2 amide bonds. The minimum Gasteiger partial charge on any atom is -0.452 e. The van der Waals surface area contributed by atoms with Gasteiger partial charge in [0.2, 0.25) is 5.91 Å². The lowest BCUT2D eigenvalue weighted by molar-refractivity contribution is -0.133. The van der Waals surface area contributed by atoms with Crippen molar-refractivity contribution in [2.75, 3.05) is 19.0 Å². The van der Waals surface area contributed by atoms with Gasteiger partial charge in [-0.05, 0) is 49.2 Å². The predicted molar refractivity (Wildman–Crippen MR) is 106 cm³/mol. The maximum Gasteiger partial charge on any atom is 0.338 e. The minimum absolute atomic E-state index is 0.0242. The van der Waals surface area contributed by atoms with E-state index in [4.69, 9.17) is 16.3 Å². The van der Waals surface area contributed by atoms with Crippen molar-refractivity contribution < 1.29 is 23.5 Å². The van der Waals surface area contributed by atoms with E-state index in [0.29, 0.717) is 5.69 Å². The number of rotatable bonds is 7. The Morgan fingerprint density at radius 2 is 1.86 bits per heavy atom. The Labute approximate surface area is 172 Å². The summed E-state index contributed by atoms with van der Waals surface area (Å²) in [5, 5.41) is 2.99. The van der Waals surface area contributed by atoms with Crippen molar-refractivity contribution in [1.29, 1.82) is 0 Å². The second kappa shape index (κ2) is 9.05. The maximum absolute atomic E-state index is 13.8. The molecule has 1 aliphatic carbocycles. The highest BCUT2D eigenvalue weighted by molar-refractivity contribution is 6.31. The third kappa shape index (κ3) is 5.54. The van der Waals surface area contributed by atoms with E-state index in [0.717, 1.165) is 12.8 Å². The van der Waals surface area contributed by atoms with Gasteiger partial charge in [-0.1, -0.05) is 17.7 Å². The summed E-state index contributed by atoms with van der Waals surface area (Å²) in [5.74, 6) is -1.62. The third-order valence-corrected chi connectivity index (χ3v) is 4.90. The Kier molecular flexibility index (Phi) is 6.49. The average molecular weight is 419 g/mol. The zero-order valence-corrected chi connectivity index (χ0v) is 16.5. The normalized spacial score (nSPS) is 12.9. The fraction of sp³-hybridized carbons (Fsp3) is 0.286. The molecule has 0 aliphatic heterocycles. The highest BCUT2D eigenvalue weighted by atomic mass is 35.5. The molecule has 1 saturated carbocycles. The molecule has 3 rings (SSSR count). The van der Waals surface area contributed by atoms with Crippen LogP contribution in [0.3, 0.4) is 0 Å². The molecule has 152 valence electrons. The van der Waals surface area contributed by atoms with E-state index in [2.05, 4.69) is 5.32 Å². The first kappa shape index (κ1) is 20.8. The summed E-state index contributed by atoms with van der Waals surface area (Å²) in [6.45, 7) is -0.529. The number of hydrogen-bond acceptors (Lipinski definition) is 4. The van der Waals surface area contributed by atoms with Crippen molar-refractivity contribution in [3.63, 3.8) is 0 Å². The van der Waals surface area contributed by atoms with Gasteiger partial charge in [0.25, 0.3) is 5.91 Å². The number of nitrogens with zero attached hydrogens (tertiary/aromatic N) is 1. The van der Waals surface area contributed by atoms with Crippen LogP contribution in [0.1, 0.15) is 28.8 Å². The molecule has 2 aromatic rings. The van der Waals surface area contributed by atoms with E-state index < -0.39 is 24.3 Å². The molecule has 0 spiro atoms. The molecular weight excluding hydrogens is 399 g/mol. The third-order valence-electron chi connectivity index (χ3n) is 4.55. The highest BCUT2D eigenvalue weighted by Crippen LogP contribution is 2.30. The van der Waals surface area contributed by atoms with Crippen LogP contribution in [-0.2, 0) is 20.9 Å². The molecule has 0 unspecified atom stereocenters. The highest BCUT2D eigenvalue weighted by Gasteiger charge is 2.29. The van der Waals surface area contributed by atoms with Crippen molar-refractivity contribution >= 4 is 35.1 Å². The van der Waals surface area contributed by atoms with Gasteiger partial charge < -0.3 is 15.0 Å². The standard InChI is InChI=1S/C21H20ClFN2O4/c1-25(11-16-17(22)3-2-4-18(16)23)19(26)12-29-21(28)14-7-9-15(10-8-14)24-20(27)13-5-6-13/h2-4,7-10,13H,5-6,11-12H2,1H3,(H,24,27). The molecule has 1 N–H and O–H groups in total. The molecular formula is C21H20ClFN2O4. The van der Waals surface area contributed by atoms with Crippen molar-refractivity contribution in [3.8, 4) is 0 Å². The van der Waals surface area contributed by atoms with Crippen molar-refractivity contribution in [2.24, 2.45) is 5.92 Å². The number of carbonyl (C=O) groups excluding carboxylic acids is 3. The van der Waals surface area contributed by atoms with Gasteiger partial charge in [0.1, 0.15) is 5.82 Å². The predicted octanol–water partition coefficient (Wildman–Crippen LogP) is 3.64. The van der Waals surface area contributed by atoms with Gasteiger partial charge in [-0.15, -0.1) is 0 Å². The zero-order chi connectivity index (χ0) is 21.0. The number of anilines is 1. The van der Waals surface area contributed by atoms with Crippen LogP contribution in [0.4, 0.5) is 10.1 Å². The monoisotopic (exact) mass is 418 g/mol. The van der Waals surface area contributed by atoms with Gasteiger partial charge >= 0.3 is 5.97 Å². The van der Waals surface area contributed by atoms with Gasteiger partial charge in [-0.2, -0.15) is 0 Å². The van der Waals surface area contributed by atoms with E-state index in [1.54, 1.807) is 12.1 Å². The largest absolute Gasteiger partial charge is 0.452 e. The first-order valence-electron chi connectivity index (χ1n) is 9.10. The van der Waals surface area contributed by atoms with E-state index in [1.165, 1.54) is 42.3 Å². The first-order valence-corrected chi connectivity index (χ1v) is 9.48. The zero-order valence-electron chi connectivity index (χ0n) is 15.8. The summed E-state index contributed by atoms with van der Waals surface area (Å²) in [4.78, 5) is 37.3. The molecule has 0 atom stereocenters. The number of benzene rings is 2. The minimum atomic E-state index is -0.671. The number of halogens is 2. The van der Waals surface area contributed by atoms with Crippen molar-refractivity contribution in [1.82, 2.24) is 4.90 Å². The first-order chi connectivity index (χ1) is 13.8. The Morgan fingerprint density at radius 3 is 2.48 bits per heavy atom. The van der Waals surface area contributed by atoms with E-state index in [-0.39, 0.29) is 34.5 Å². The van der Waals surface area contributed by atoms with Crippen LogP contribution in [0.15, 0.2) is 42.5 Å². The Morgan fingerprint density at radius 1 is 1.17 bits per heavy atom. The molecule has 0 aromatic heterocycles. The van der Waals surface area contributed by atoms with Gasteiger partial charge in [0, 0.05) is 35.8 Å². The molecule has 1 fully saturated rings. The fourth-order valence-electron chi connectivity index (χ4n) is 2.61. The van der Waals surface area contributed by atoms with Crippen LogP contribution < -0.4 is 5.32 Å². The molecule has 0 bridgehead atoms. The number of ether oxygens (including phenoxy) is 1. The molecule has 0 radical (unpaired) electrons. The van der Waals surface area contributed by atoms with E-state index in [9.17, 15) is 18.8 Å². The molecule has 29 heavy (non-hydrogen) atoms. The van der Waals surface area contributed by atoms with Gasteiger partial charge in [-0.25, -0.2) is 9.18 Å². The molecule has 8 heteroatoms. The lowest BCUT2D eigenvalue weighted by atomic mass is 10.2. The summed E-state index contributed by atoms with van der Waals surface area (Å²) in [6.07, 6.45) is 1.81. The van der Waals surface area contributed by atoms with Gasteiger partial charge in [0.05, 0.1) is 5.56 Å². The number of carbonyl (C=O) groups is 3. The summed E-state index contributed by atoms with van der Waals surface area (Å²) in [5.41, 5.74) is 1.04. The average Bonchev–Trinajstić information content (AvgIpc) is 3.54. The second-order valence-corrected chi connectivity index (χ2v) is 7.27. The number of hydrogen-bond donors (Lipinski definition) is 1. The Hall–Kier alpha value is -2.93. The Bertz CT molecular complexity index is 909. The number of esters is 1. The molecule has 2 aromatic carbocycles. The topological polar surface area (TPSA) is 75.7 Å². The number of likely N-dealkylation sites (N-methyl/N-ethyl adjacent to an activating group) is 1. The van der Waals surface area contributed by atoms with Crippen molar-refractivity contribution in [2.45, 2.75) is 19.4 Å². The molecule has 0 heterocycles. The van der Waals surface area contributed by atoms with Gasteiger partial charge in [-0.3, -0.25) is 9.59 Å². The number of nitrogens with one attached hydrogen (secondary N) is 1. The SMILES string of the molecule is CN(Cc1c(F)cccc1Cl)C(=O)COC(=O)c1ccc(NC(=O)C2CC2)cc1. The van der Waals surface area contributed by atoms with Gasteiger partial charge in [0.15, 0.2) is 6.61 Å². The maximum atomic E-state index is 13.8. The summed E-state index contributed by atoms with van der Waals surface area (Å²) < 4.78 is 18.9. The lowest BCUT2D eigenvalue weighted by Crippen LogP contribution is -2.31. The van der Waals surface area contributed by atoms with Crippen LogP contribution in [0.2, 0.25) is 5.02 Å². The molecule has 0 saturated heterocycles. The van der Waals surface area contributed by atoms with Crippen LogP contribution in [0, 0.1) is 11.7 Å². The van der Waals surface area contributed by atoms with Crippen LogP contribution in [0.5, 0.6) is 0 Å². The summed E-state index contributed by atoms with van der Waals surface area (Å²) in [6, 6.07) is 10.5. The van der Waals surface area contributed by atoms with Crippen LogP contribution in [-0.4, -0.2) is 36.3 Å². The summed E-state index contributed by atoms with van der Waals surface area (Å²) in [7, 11) is 1.47. The fourth-order valence-corrected chi connectivity index (χ4v) is 2.83. The molecule has 6 nitrogen and oxygen atoms in total. The smallest absolute Gasteiger partial charge is 0.338 e. The lowest BCUT2D eigenvalue weighted by Gasteiger charge is -2.18.